The number of sulfonamides is 1. The number of carbonyl (C=O) groups is 2. The second-order valence-corrected chi connectivity index (χ2v) is 13.4. The van der Waals surface area contributed by atoms with Gasteiger partial charge in [0.05, 0.1) is 17.5 Å². The number of primary amides is 1. The van der Waals surface area contributed by atoms with Gasteiger partial charge in [0.15, 0.2) is 0 Å². The average molecular weight is 673 g/mol. The molecule has 254 valence electrons. The van der Waals surface area contributed by atoms with Crippen molar-refractivity contribution < 1.29 is 31.5 Å². The van der Waals surface area contributed by atoms with Gasteiger partial charge in [-0.05, 0) is 61.6 Å². The van der Waals surface area contributed by atoms with Gasteiger partial charge in [0.25, 0.3) is 5.91 Å². The molecule has 1 aliphatic heterocycles. The van der Waals surface area contributed by atoms with Crippen molar-refractivity contribution >= 4 is 33.3 Å². The Morgan fingerprint density at radius 3 is 2.36 bits per heavy atom. The average Bonchev–Trinajstić information content (AvgIpc) is 3.01. The molecule has 4 N–H and O–H groups in total. The first-order valence-corrected chi connectivity index (χ1v) is 17.6. The number of nitrogens with two attached hydrogens (primary N) is 1. The van der Waals surface area contributed by atoms with E-state index in [9.17, 15) is 26.8 Å². The van der Waals surface area contributed by atoms with Crippen LogP contribution in [0.4, 0.5) is 25.0 Å². The van der Waals surface area contributed by atoms with Crippen LogP contribution in [0, 0.1) is 11.6 Å². The first-order chi connectivity index (χ1) is 22.4. The Morgan fingerprint density at radius 1 is 1.04 bits per heavy atom. The Morgan fingerprint density at radius 2 is 1.74 bits per heavy atom. The van der Waals surface area contributed by atoms with Gasteiger partial charge >= 0.3 is 6.03 Å². The Hall–Kier alpha value is -4.30. The number of halogens is 2. The van der Waals surface area contributed by atoms with Crippen molar-refractivity contribution in [2.75, 3.05) is 35.9 Å². The summed E-state index contributed by atoms with van der Waals surface area (Å²) in [6.07, 6.45) is 5.78. The number of nitrogens with one attached hydrogen (secondary N) is 2. The van der Waals surface area contributed by atoms with Crippen LogP contribution in [0.3, 0.4) is 0 Å². The van der Waals surface area contributed by atoms with E-state index in [1.54, 1.807) is 29.2 Å². The van der Waals surface area contributed by atoms with Crippen molar-refractivity contribution in [2.24, 2.45) is 5.73 Å². The maximum absolute atomic E-state index is 14.5. The number of unbranched alkanes of at least 4 members (excludes halogenated alkanes) is 1. The summed E-state index contributed by atoms with van der Waals surface area (Å²) in [5.74, 6) is -2.15. The zero-order chi connectivity index (χ0) is 34.1. The van der Waals surface area contributed by atoms with Crippen LogP contribution in [-0.2, 0) is 23.0 Å². The Kier molecular flexibility index (Phi) is 12.1. The standard InChI is InChI=1S/C33H42F2N6O5S/c1-4-6-16-41(33(43)38-30-19-26(32(36)42)27(34)20-28(30)35)24-14-17-40(18-15-24)21-22-8-13-31(37-29(22)7-5-2)46-25-11-9-23(10-12-25)39-47(3,44)45/h8-13,19-20,24,39H,4-7,14-18,21H2,1-3H3,(H2,36,42)(H,38,43). The second-order valence-electron chi connectivity index (χ2n) is 11.7. The summed E-state index contributed by atoms with van der Waals surface area (Å²) in [6.45, 7) is 6.72. The summed E-state index contributed by atoms with van der Waals surface area (Å²) in [7, 11) is -3.37. The molecule has 1 fully saturated rings. The number of amides is 3. The molecule has 0 aliphatic carbocycles. The molecule has 2 heterocycles. The third-order valence-corrected chi connectivity index (χ3v) is 8.49. The third kappa shape index (κ3) is 10.1. The molecule has 0 saturated carbocycles. The van der Waals surface area contributed by atoms with Crippen LogP contribution in [0.15, 0.2) is 48.5 Å². The molecule has 11 nitrogen and oxygen atoms in total. The van der Waals surface area contributed by atoms with Crippen molar-refractivity contribution in [1.82, 2.24) is 14.8 Å². The molecular weight excluding hydrogens is 630 g/mol. The molecule has 3 aromatic rings. The molecule has 0 radical (unpaired) electrons. The normalized spacial score (nSPS) is 14.1. The van der Waals surface area contributed by atoms with Crippen LogP contribution in [-0.4, -0.2) is 67.1 Å². The molecule has 1 aliphatic rings. The van der Waals surface area contributed by atoms with E-state index in [1.165, 1.54) is 0 Å². The van der Waals surface area contributed by atoms with Crippen molar-refractivity contribution in [3.63, 3.8) is 0 Å². The molecule has 0 spiro atoms. The maximum atomic E-state index is 14.5. The lowest BCUT2D eigenvalue weighted by molar-refractivity contribution is 0.0996. The molecule has 3 amide bonds. The van der Waals surface area contributed by atoms with Crippen LogP contribution in [0.5, 0.6) is 11.6 Å². The Labute approximate surface area is 274 Å². The maximum Gasteiger partial charge on any atom is 0.322 e. The predicted octanol–water partition coefficient (Wildman–Crippen LogP) is 5.87. The number of nitrogens with zero attached hydrogens (tertiary/aromatic N) is 3. The number of benzene rings is 2. The van der Waals surface area contributed by atoms with E-state index in [1.807, 2.05) is 19.1 Å². The van der Waals surface area contributed by atoms with Crippen LogP contribution < -0.4 is 20.5 Å². The fraction of sp³-hybridized carbons (Fsp3) is 0.424. The number of urea groups is 1. The summed E-state index contributed by atoms with van der Waals surface area (Å²) in [4.78, 5) is 33.7. The number of hydrogen-bond acceptors (Lipinski definition) is 7. The molecular formula is C33H42F2N6O5S. The van der Waals surface area contributed by atoms with Gasteiger partial charge in [-0.3, -0.25) is 14.4 Å². The molecule has 1 aromatic heterocycles. The quantitative estimate of drug-likeness (QED) is 0.194. The minimum Gasteiger partial charge on any atom is -0.439 e. The van der Waals surface area contributed by atoms with Gasteiger partial charge in [-0.1, -0.05) is 32.8 Å². The molecule has 0 bridgehead atoms. The molecule has 2 aromatic carbocycles. The third-order valence-electron chi connectivity index (χ3n) is 7.88. The summed E-state index contributed by atoms with van der Waals surface area (Å²) in [5, 5.41) is 2.52. The fourth-order valence-corrected chi connectivity index (χ4v) is 6.08. The van der Waals surface area contributed by atoms with Crippen molar-refractivity contribution in [1.29, 1.82) is 0 Å². The zero-order valence-electron chi connectivity index (χ0n) is 26.9. The van der Waals surface area contributed by atoms with Gasteiger partial charge < -0.3 is 20.7 Å². The van der Waals surface area contributed by atoms with Gasteiger partial charge in [0.2, 0.25) is 15.9 Å². The van der Waals surface area contributed by atoms with E-state index in [2.05, 4.69) is 21.9 Å². The first kappa shape index (κ1) is 35.6. The highest BCUT2D eigenvalue weighted by Gasteiger charge is 2.29. The fourth-order valence-electron chi connectivity index (χ4n) is 5.52. The number of likely N-dealkylation sites (tertiary alicyclic amines) is 1. The molecule has 4 rings (SSSR count). The van der Waals surface area contributed by atoms with Gasteiger partial charge in [0, 0.05) is 55.7 Å². The minimum atomic E-state index is -3.37. The van der Waals surface area contributed by atoms with Gasteiger partial charge in [-0.2, -0.15) is 0 Å². The molecule has 0 unspecified atom stereocenters. The van der Waals surface area contributed by atoms with E-state index < -0.39 is 39.2 Å². The van der Waals surface area contributed by atoms with E-state index in [0.29, 0.717) is 49.3 Å². The van der Waals surface area contributed by atoms with Gasteiger partial charge in [-0.25, -0.2) is 27.0 Å². The number of anilines is 2. The van der Waals surface area contributed by atoms with Crippen LogP contribution in [0.25, 0.3) is 0 Å². The smallest absolute Gasteiger partial charge is 0.322 e. The van der Waals surface area contributed by atoms with Gasteiger partial charge in [-0.15, -0.1) is 0 Å². The number of aryl methyl sites for hydroxylation is 1. The van der Waals surface area contributed by atoms with Crippen molar-refractivity contribution in [3.8, 4) is 11.6 Å². The molecule has 0 atom stereocenters. The van der Waals surface area contributed by atoms with Crippen molar-refractivity contribution in [2.45, 2.75) is 65.0 Å². The number of aromatic nitrogens is 1. The Bertz CT molecular complexity index is 1660. The lowest BCUT2D eigenvalue weighted by Crippen LogP contribution is -2.49. The lowest BCUT2D eigenvalue weighted by atomic mass is 10.0. The number of carbonyl (C=O) groups excluding carboxylic acids is 2. The highest BCUT2D eigenvalue weighted by molar-refractivity contribution is 7.92. The number of ether oxygens (including phenoxy) is 1. The van der Waals surface area contributed by atoms with E-state index in [4.69, 9.17) is 15.5 Å². The number of hydrogen-bond donors (Lipinski definition) is 3. The monoisotopic (exact) mass is 672 g/mol. The first-order valence-electron chi connectivity index (χ1n) is 15.7. The summed E-state index contributed by atoms with van der Waals surface area (Å²) >= 11 is 0. The SMILES string of the molecule is CCCCN(C(=O)Nc1cc(C(N)=O)c(F)cc1F)C1CCN(Cc2ccc(Oc3ccc(NS(C)(=O)=O)cc3)nc2CCC)CC1. The minimum absolute atomic E-state index is 0.0834. The number of pyridine rings is 1. The topological polar surface area (TPSA) is 147 Å². The lowest BCUT2D eigenvalue weighted by Gasteiger charge is -2.38. The van der Waals surface area contributed by atoms with Crippen LogP contribution in [0.1, 0.15) is 67.6 Å². The highest BCUT2D eigenvalue weighted by Crippen LogP contribution is 2.27. The zero-order valence-corrected chi connectivity index (χ0v) is 27.7. The van der Waals surface area contributed by atoms with E-state index >= 15 is 0 Å². The van der Waals surface area contributed by atoms with Crippen LogP contribution in [0.2, 0.25) is 0 Å². The molecule has 1 saturated heterocycles. The predicted molar refractivity (Wildman–Crippen MR) is 177 cm³/mol. The summed E-state index contributed by atoms with van der Waals surface area (Å²) in [5.41, 5.74) is 6.87. The molecule has 14 heteroatoms. The van der Waals surface area contributed by atoms with E-state index in [-0.39, 0.29) is 11.7 Å². The van der Waals surface area contributed by atoms with E-state index in [0.717, 1.165) is 62.4 Å². The number of piperidine rings is 1. The van der Waals surface area contributed by atoms with Crippen molar-refractivity contribution in [3.05, 3.63) is 77.0 Å². The second kappa shape index (κ2) is 16.0. The van der Waals surface area contributed by atoms with Gasteiger partial charge in [0.1, 0.15) is 17.4 Å². The highest BCUT2D eigenvalue weighted by atomic mass is 32.2. The van der Waals surface area contributed by atoms with Crippen LogP contribution >= 0.6 is 0 Å². The Balaban J connectivity index is 1.39. The summed E-state index contributed by atoms with van der Waals surface area (Å²) in [6, 6.07) is 11.3. The molecule has 47 heavy (non-hydrogen) atoms. The largest absolute Gasteiger partial charge is 0.439 e. The summed E-state index contributed by atoms with van der Waals surface area (Å²) < 4.78 is 59.7. The number of rotatable bonds is 14.